The van der Waals surface area contributed by atoms with Crippen molar-refractivity contribution in [3.63, 3.8) is 0 Å². The molecular formula is C15H17NO2S. The quantitative estimate of drug-likeness (QED) is 0.911. The van der Waals surface area contributed by atoms with Gasteiger partial charge in [-0.05, 0) is 30.0 Å². The van der Waals surface area contributed by atoms with E-state index >= 15 is 0 Å². The molecule has 2 unspecified atom stereocenters. The predicted octanol–water partition coefficient (Wildman–Crippen LogP) is 3.59. The summed E-state index contributed by atoms with van der Waals surface area (Å²) < 4.78 is 11.4. The van der Waals surface area contributed by atoms with Crippen molar-refractivity contribution in [3.8, 4) is 11.5 Å². The Morgan fingerprint density at radius 1 is 1.37 bits per heavy atom. The van der Waals surface area contributed by atoms with Crippen molar-refractivity contribution in [2.75, 3.05) is 7.11 Å². The van der Waals surface area contributed by atoms with E-state index in [1.807, 2.05) is 18.2 Å². The first-order valence-corrected chi connectivity index (χ1v) is 7.21. The van der Waals surface area contributed by atoms with Gasteiger partial charge in [-0.3, -0.25) is 0 Å². The second-order valence-electron chi connectivity index (χ2n) is 4.82. The summed E-state index contributed by atoms with van der Waals surface area (Å²) in [5.74, 6) is 1.64. The molecule has 0 amide bonds. The van der Waals surface area contributed by atoms with Gasteiger partial charge in [0.2, 0.25) is 0 Å². The van der Waals surface area contributed by atoms with Gasteiger partial charge in [-0.15, -0.1) is 11.3 Å². The molecule has 0 aliphatic carbocycles. The van der Waals surface area contributed by atoms with Gasteiger partial charge in [0.25, 0.3) is 0 Å². The van der Waals surface area contributed by atoms with Crippen molar-refractivity contribution in [2.45, 2.75) is 25.5 Å². The lowest BCUT2D eigenvalue weighted by Crippen LogP contribution is -2.24. The van der Waals surface area contributed by atoms with Crippen LogP contribution in [0.1, 0.15) is 34.6 Å². The number of methoxy groups -OCH3 is 1. The molecule has 0 saturated heterocycles. The second-order valence-corrected chi connectivity index (χ2v) is 5.77. The van der Waals surface area contributed by atoms with Crippen LogP contribution in [0, 0.1) is 6.92 Å². The average Bonchev–Trinajstić information content (AvgIpc) is 2.84. The molecule has 19 heavy (non-hydrogen) atoms. The summed E-state index contributed by atoms with van der Waals surface area (Å²) in [6.45, 7) is 2.11. The van der Waals surface area contributed by atoms with E-state index in [-0.39, 0.29) is 12.1 Å². The molecule has 2 heterocycles. The van der Waals surface area contributed by atoms with Gasteiger partial charge in [-0.1, -0.05) is 6.07 Å². The summed E-state index contributed by atoms with van der Waals surface area (Å²) >= 11 is 1.73. The molecule has 1 aromatic carbocycles. The van der Waals surface area contributed by atoms with Gasteiger partial charge >= 0.3 is 0 Å². The predicted molar refractivity (Wildman–Crippen MR) is 77.0 cm³/mol. The molecule has 4 heteroatoms. The van der Waals surface area contributed by atoms with Gasteiger partial charge in [-0.2, -0.15) is 0 Å². The fraction of sp³-hybridized carbons (Fsp3) is 0.333. The SMILES string of the molecule is COc1ccc2c(c1)OC(c1sccc1C)CC2N. The standard InChI is InChI=1S/C15H17NO2S/c1-9-5-6-19-15(9)14-8-12(16)11-4-3-10(17-2)7-13(11)18-14/h3-7,12,14H,8,16H2,1-2H3. The third-order valence-electron chi connectivity index (χ3n) is 3.55. The van der Waals surface area contributed by atoms with Crippen LogP contribution in [0.2, 0.25) is 0 Å². The highest BCUT2D eigenvalue weighted by Gasteiger charge is 2.28. The van der Waals surface area contributed by atoms with Gasteiger partial charge in [0.15, 0.2) is 0 Å². The fourth-order valence-corrected chi connectivity index (χ4v) is 3.45. The molecule has 0 radical (unpaired) electrons. The Kier molecular flexibility index (Phi) is 3.21. The second kappa shape index (κ2) is 4.87. The number of hydrogen-bond donors (Lipinski definition) is 1. The zero-order valence-corrected chi connectivity index (χ0v) is 11.9. The van der Waals surface area contributed by atoms with Crippen LogP contribution >= 0.6 is 11.3 Å². The van der Waals surface area contributed by atoms with E-state index in [2.05, 4.69) is 18.4 Å². The number of rotatable bonds is 2. The number of aryl methyl sites for hydroxylation is 1. The molecule has 0 fully saturated rings. The minimum Gasteiger partial charge on any atom is -0.497 e. The highest BCUT2D eigenvalue weighted by atomic mass is 32.1. The summed E-state index contributed by atoms with van der Waals surface area (Å²) in [6.07, 6.45) is 0.871. The van der Waals surface area contributed by atoms with Crippen LogP contribution < -0.4 is 15.2 Å². The minimum atomic E-state index is 0.0150. The Labute approximate surface area is 117 Å². The molecule has 3 rings (SSSR count). The van der Waals surface area contributed by atoms with Gasteiger partial charge in [0.1, 0.15) is 17.6 Å². The maximum atomic E-state index is 6.27. The molecule has 2 N–H and O–H groups in total. The normalized spacial score (nSPS) is 21.6. The zero-order valence-electron chi connectivity index (χ0n) is 11.1. The van der Waals surface area contributed by atoms with Crippen LogP contribution in [0.15, 0.2) is 29.6 Å². The van der Waals surface area contributed by atoms with Crippen molar-refractivity contribution in [1.82, 2.24) is 0 Å². The van der Waals surface area contributed by atoms with E-state index in [4.69, 9.17) is 15.2 Å². The first kappa shape index (κ1) is 12.5. The van der Waals surface area contributed by atoms with Crippen molar-refractivity contribution in [3.05, 3.63) is 45.6 Å². The molecule has 1 aromatic heterocycles. The van der Waals surface area contributed by atoms with E-state index < -0.39 is 0 Å². The molecule has 1 aliphatic rings. The molecule has 2 atom stereocenters. The van der Waals surface area contributed by atoms with E-state index in [0.717, 1.165) is 23.5 Å². The van der Waals surface area contributed by atoms with Gasteiger partial charge < -0.3 is 15.2 Å². The van der Waals surface area contributed by atoms with E-state index in [9.17, 15) is 0 Å². The number of fused-ring (bicyclic) bond motifs is 1. The summed E-state index contributed by atoms with van der Waals surface area (Å²) in [7, 11) is 1.66. The van der Waals surface area contributed by atoms with Crippen molar-refractivity contribution in [1.29, 1.82) is 0 Å². The highest BCUT2D eigenvalue weighted by molar-refractivity contribution is 7.10. The number of ether oxygens (including phenoxy) is 2. The van der Waals surface area contributed by atoms with Crippen molar-refractivity contribution >= 4 is 11.3 Å². The van der Waals surface area contributed by atoms with E-state index in [0.29, 0.717) is 0 Å². The Bertz CT molecular complexity index is 594. The van der Waals surface area contributed by atoms with E-state index in [1.54, 1.807) is 18.4 Å². The van der Waals surface area contributed by atoms with Crippen molar-refractivity contribution in [2.24, 2.45) is 5.73 Å². The Morgan fingerprint density at radius 2 is 2.21 bits per heavy atom. The molecule has 0 spiro atoms. The summed E-state index contributed by atoms with van der Waals surface area (Å²) in [5.41, 5.74) is 8.60. The third kappa shape index (κ3) is 2.22. The number of benzene rings is 1. The van der Waals surface area contributed by atoms with Crippen LogP contribution in [0.4, 0.5) is 0 Å². The maximum Gasteiger partial charge on any atom is 0.135 e. The Morgan fingerprint density at radius 3 is 2.89 bits per heavy atom. The monoisotopic (exact) mass is 275 g/mol. The van der Waals surface area contributed by atoms with Crippen LogP contribution in [0.5, 0.6) is 11.5 Å². The minimum absolute atomic E-state index is 0.0150. The summed E-state index contributed by atoms with van der Waals surface area (Å²) in [5, 5.41) is 2.10. The molecule has 0 bridgehead atoms. The topological polar surface area (TPSA) is 44.5 Å². The smallest absolute Gasteiger partial charge is 0.135 e. The number of hydrogen-bond acceptors (Lipinski definition) is 4. The lowest BCUT2D eigenvalue weighted by molar-refractivity contribution is 0.163. The summed E-state index contributed by atoms with van der Waals surface area (Å²) in [6, 6.07) is 7.98. The van der Waals surface area contributed by atoms with E-state index in [1.165, 1.54) is 10.4 Å². The van der Waals surface area contributed by atoms with Crippen LogP contribution in [0.3, 0.4) is 0 Å². The molecule has 0 saturated carbocycles. The number of thiophene rings is 1. The highest BCUT2D eigenvalue weighted by Crippen LogP contribution is 2.43. The van der Waals surface area contributed by atoms with Crippen LogP contribution in [-0.4, -0.2) is 7.11 Å². The largest absolute Gasteiger partial charge is 0.497 e. The zero-order chi connectivity index (χ0) is 13.4. The fourth-order valence-electron chi connectivity index (χ4n) is 2.48. The lowest BCUT2D eigenvalue weighted by Gasteiger charge is -2.30. The summed E-state index contributed by atoms with van der Waals surface area (Å²) in [4.78, 5) is 1.27. The number of nitrogens with two attached hydrogens (primary N) is 1. The molecular weight excluding hydrogens is 258 g/mol. The van der Waals surface area contributed by atoms with Gasteiger partial charge in [0, 0.05) is 29.0 Å². The third-order valence-corrected chi connectivity index (χ3v) is 4.66. The van der Waals surface area contributed by atoms with Crippen LogP contribution in [-0.2, 0) is 0 Å². The first-order chi connectivity index (χ1) is 9.19. The maximum absolute atomic E-state index is 6.27. The van der Waals surface area contributed by atoms with Crippen molar-refractivity contribution < 1.29 is 9.47 Å². The average molecular weight is 275 g/mol. The molecule has 3 nitrogen and oxygen atoms in total. The lowest BCUT2D eigenvalue weighted by atomic mass is 9.95. The molecule has 1 aliphatic heterocycles. The van der Waals surface area contributed by atoms with Crippen LogP contribution in [0.25, 0.3) is 0 Å². The van der Waals surface area contributed by atoms with Gasteiger partial charge in [0.05, 0.1) is 7.11 Å². The Balaban J connectivity index is 1.96. The first-order valence-electron chi connectivity index (χ1n) is 6.33. The molecule has 100 valence electrons. The Hall–Kier alpha value is -1.52. The molecule has 2 aromatic rings. The van der Waals surface area contributed by atoms with Gasteiger partial charge in [-0.25, -0.2) is 0 Å².